The van der Waals surface area contributed by atoms with Crippen LogP contribution in [0.2, 0.25) is 5.02 Å². The monoisotopic (exact) mass is 325 g/mol. The van der Waals surface area contributed by atoms with Gasteiger partial charge < -0.3 is 5.32 Å². The zero-order valence-electron chi connectivity index (χ0n) is 12.3. The average Bonchev–Trinajstić information content (AvgIpc) is 2.41. The number of aromatic nitrogens is 1. The molecule has 21 heavy (non-hydrogen) atoms. The van der Waals surface area contributed by atoms with E-state index < -0.39 is 0 Å². The van der Waals surface area contributed by atoms with Gasteiger partial charge in [-0.15, -0.1) is 12.4 Å². The van der Waals surface area contributed by atoms with E-state index in [4.69, 9.17) is 11.6 Å². The zero-order chi connectivity index (χ0) is 14.1. The van der Waals surface area contributed by atoms with Gasteiger partial charge in [-0.25, -0.2) is 0 Å². The van der Waals surface area contributed by atoms with Crippen LogP contribution in [0.15, 0.2) is 30.5 Å². The van der Waals surface area contributed by atoms with Crippen LogP contribution in [0.1, 0.15) is 19.4 Å². The molecule has 5 heteroatoms. The highest BCUT2D eigenvalue weighted by molar-refractivity contribution is 6.35. The highest BCUT2D eigenvalue weighted by Gasteiger charge is 2.21. The summed E-state index contributed by atoms with van der Waals surface area (Å²) in [5.41, 5.74) is 2.28. The standard InChI is InChI=1S/C16H20ClN3.ClH/c1-11-8-20(9-12(2)19-11)10-13-5-6-15(17)14-4-3-7-18-16(13)14;/h3-7,11-12,19H,8-10H2,1-2H3;1H. The fraction of sp³-hybridized carbons (Fsp3) is 0.438. The zero-order valence-corrected chi connectivity index (χ0v) is 13.9. The van der Waals surface area contributed by atoms with Crippen molar-refractivity contribution < 1.29 is 0 Å². The summed E-state index contributed by atoms with van der Waals surface area (Å²) in [5, 5.41) is 5.38. The third-order valence-corrected chi connectivity index (χ3v) is 4.16. The van der Waals surface area contributed by atoms with Gasteiger partial charge in [-0.1, -0.05) is 17.7 Å². The second kappa shape index (κ2) is 6.93. The van der Waals surface area contributed by atoms with E-state index in [1.54, 1.807) is 0 Å². The molecule has 1 N–H and O–H groups in total. The number of fused-ring (bicyclic) bond motifs is 1. The van der Waals surface area contributed by atoms with Gasteiger partial charge in [0, 0.05) is 48.3 Å². The van der Waals surface area contributed by atoms with Crippen LogP contribution in [-0.4, -0.2) is 35.1 Å². The van der Waals surface area contributed by atoms with Gasteiger partial charge >= 0.3 is 0 Å². The number of piperazine rings is 1. The Labute approximate surface area is 137 Å². The molecule has 1 aliphatic heterocycles. The first kappa shape index (κ1) is 16.5. The van der Waals surface area contributed by atoms with E-state index >= 15 is 0 Å². The minimum Gasteiger partial charge on any atom is -0.309 e. The highest BCUT2D eigenvalue weighted by Crippen LogP contribution is 2.26. The highest BCUT2D eigenvalue weighted by atomic mass is 35.5. The Kier molecular flexibility index (Phi) is 5.44. The van der Waals surface area contributed by atoms with Crippen molar-refractivity contribution >= 4 is 34.9 Å². The molecule has 0 spiro atoms. The number of nitrogens with zero attached hydrogens (tertiary/aromatic N) is 2. The molecule has 0 amide bonds. The number of pyridine rings is 1. The molecule has 1 aromatic carbocycles. The lowest BCUT2D eigenvalue weighted by atomic mass is 10.1. The normalized spacial score (nSPS) is 23.0. The Morgan fingerprint density at radius 3 is 2.67 bits per heavy atom. The molecule has 0 bridgehead atoms. The summed E-state index contributed by atoms with van der Waals surface area (Å²) in [7, 11) is 0. The largest absolute Gasteiger partial charge is 0.309 e. The smallest absolute Gasteiger partial charge is 0.0761 e. The number of rotatable bonds is 2. The van der Waals surface area contributed by atoms with Crippen LogP contribution in [0.3, 0.4) is 0 Å². The maximum absolute atomic E-state index is 6.25. The Morgan fingerprint density at radius 2 is 1.95 bits per heavy atom. The topological polar surface area (TPSA) is 28.2 Å². The SMILES string of the molecule is CC1CN(Cc2ccc(Cl)c3cccnc23)CC(C)N1.Cl. The van der Waals surface area contributed by atoms with E-state index in [0.717, 1.165) is 35.6 Å². The van der Waals surface area contributed by atoms with E-state index in [9.17, 15) is 0 Å². The molecule has 0 saturated carbocycles. The molecular weight excluding hydrogens is 305 g/mol. The third kappa shape index (κ3) is 3.67. The first-order valence-electron chi connectivity index (χ1n) is 7.14. The summed E-state index contributed by atoms with van der Waals surface area (Å²) >= 11 is 6.25. The minimum atomic E-state index is 0. The van der Waals surface area contributed by atoms with Gasteiger partial charge in [0.2, 0.25) is 0 Å². The molecule has 2 heterocycles. The molecule has 1 fully saturated rings. The van der Waals surface area contributed by atoms with Gasteiger partial charge in [0.25, 0.3) is 0 Å². The summed E-state index contributed by atoms with van der Waals surface area (Å²) in [5.74, 6) is 0. The summed E-state index contributed by atoms with van der Waals surface area (Å²) in [6.45, 7) is 7.55. The van der Waals surface area contributed by atoms with Crippen molar-refractivity contribution in [1.82, 2.24) is 15.2 Å². The van der Waals surface area contributed by atoms with Crippen LogP contribution in [0.25, 0.3) is 10.9 Å². The molecule has 1 aromatic heterocycles. The number of nitrogens with one attached hydrogen (secondary N) is 1. The average molecular weight is 326 g/mol. The predicted molar refractivity (Wildman–Crippen MR) is 91.3 cm³/mol. The van der Waals surface area contributed by atoms with Crippen molar-refractivity contribution in [2.24, 2.45) is 0 Å². The summed E-state index contributed by atoms with van der Waals surface area (Å²) in [6, 6.07) is 9.13. The summed E-state index contributed by atoms with van der Waals surface area (Å²) < 4.78 is 0. The lowest BCUT2D eigenvalue weighted by Gasteiger charge is -2.36. The third-order valence-electron chi connectivity index (χ3n) is 3.83. The Morgan fingerprint density at radius 1 is 1.24 bits per heavy atom. The lowest BCUT2D eigenvalue weighted by molar-refractivity contribution is 0.167. The molecule has 1 saturated heterocycles. The fourth-order valence-electron chi connectivity index (χ4n) is 3.13. The molecule has 3 rings (SSSR count). The van der Waals surface area contributed by atoms with Crippen molar-refractivity contribution in [1.29, 1.82) is 0 Å². The molecule has 0 aliphatic carbocycles. The molecular formula is C16H21Cl2N3. The van der Waals surface area contributed by atoms with Gasteiger partial charge in [0.15, 0.2) is 0 Å². The lowest BCUT2D eigenvalue weighted by Crippen LogP contribution is -2.53. The van der Waals surface area contributed by atoms with Crippen LogP contribution in [0, 0.1) is 0 Å². The quantitative estimate of drug-likeness (QED) is 0.916. The second-order valence-corrected chi connectivity index (χ2v) is 6.18. The molecule has 114 valence electrons. The number of halogens is 2. The Bertz CT molecular complexity index is 607. The van der Waals surface area contributed by atoms with Crippen LogP contribution < -0.4 is 5.32 Å². The van der Waals surface area contributed by atoms with Crippen molar-refractivity contribution in [3.05, 3.63) is 41.0 Å². The number of benzene rings is 1. The Hall–Kier alpha value is -0.870. The van der Waals surface area contributed by atoms with Gasteiger partial charge in [-0.3, -0.25) is 9.88 Å². The number of hydrogen-bond donors (Lipinski definition) is 1. The van der Waals surface area contributed by atoms with Gasteiger partial charge in [-0.2, -0.15) is 0 Å². The summed E-state index contributed by atoms with van der Waals surface area (Å²) in [6.07, 6.45) is 1.84. The van der Waals surface area contributed by atoms with Crippen molar-refractivity contribution in [3.8, 4) is 0 Å². The van der Waals surface area contributed by atoms with E-state index in [1.165, 1.54) is 5.56 Å². The molecule has 2 atom stereocenters. The van der Waals surface area contributed by atoms with Crippen molar-refractivity contribution in [2.45, 2.75) is 32.5 Å². The number of hydrogen-bond acceptors (Lipinski definition) is 3. The predicted octanol–water partition coefficient (Wildman–Crippen LogP) is 3.49. The minimum absolute atomic E-state index is 0. The molecule has 2 unspecified atom stereocenters. The first-order valence-corrected chi connectivity index (χ1v) is 7.52. The molecule has 2 aromatic rings. The van der Waals surface area contributed by atoms with E-state index in [-0.39, 0.29) is 12.4 Å². The fourth-order valence-corrected chi connectivity index (χ4v) is 3.35. The van der Waals surface area contributed by atoms with Crippen molar-refractivity contribution in [3.63, 3.8) is 0 Å². The maximum atomic E-state index is 6.25. The molecule has 1 aliphatic rings. The van der Waals surface area contributed by atoms with Gasteiger partial charge in [-0.05, 0) is 37.6 Å². The van der Waals surface area contributed by atoms with E-state index in [2.05, 4.69) is 35.1 Å². The molecule has 3 nitrogen and oxygen atoms in total. The van der Waals surface area contributed by atoms with Gasteiger partial charge in [0.1, 0.15) is 0 Å². The van der Waals surface area contributed by atoms with Crippen molar-refractivity contribution in [2.75, 3.05) is 13.1 Å². The summed E-state index contributed by atoms with van der Waals surface area (Å²) in [4.78, 5) is 7.01. The Balaban J connectivity index is 0.00000161. The second-order valence-electron chi connectivity index (χ2n) is 5.77. The van der Waals surface area contributed by atoms with Crippen LogP contribution in [0.4, 0.5) is 0 Å². The first-order chi connectivity index (χ1) is 9.63. The van der Waals surface area contributed by atoms with Crippen LogP contribution >= 0.6 is 24.0 Å². The van der Waals surface area contributed by atoms with Gasteiger partial charge in [0.05, 0.1) is 5.52 Å². The van der Waals surface area contributed by atoms with Crippen LogP contribution in [-0.2, 0) is 6.54 Å². The maximum Gasteiger partial charge on any atom is 0.0761 e. The van der Waals surface area contributed by atoms with E-state index in [0.29, 0.717) is 12.1 Å². The van der Waals surface area contributed by atoms with Crippen LogP contribution in [0.5, 0.6) is 0 Å². The van der Waals surface area contributed by atoms with E-state index in [1.807, 2.05) is 24.4 Å². The molecule has 0 radical (unpaired) electrons.